The molecule has 0 aliphatic rings. The lowest BCUT2D eigenvalue weighted by molar-refractivity contribution is 1.04. The molecule has 260 valence electrons. The summed E-state index contributed by atoms with van der Waals surface area (Å²) in [5, 5.41) is 6.31. The van der Waals surface area contributed by atoms with E-state index in [9.17, 15) is 0 Å². The molecule has 0 saturated carbocycles. The Bertz CT molecular complexity index is 3230. The van der Waals surface area contributed by atoms with Crippen LogP contribution >= 0.6 is 0 Å². The van der Waals surface area contributed by atoms with Gasteiger partial charge in [0.1, 0.15) is 0 Å². The van der Waals surface area contributed by atoms with Crippen LogP contribution in [0.1, 0.15) is 11.3 Å². The van der Waals surface area contributed by atoms with Crippen LogP contribution in [0.5, 0.6) is 0 Å². The lowest BCUT2D eigenvalue weighted by Crippen LogP contribution is -1.97. The molecule has 3 heteroatoms. The second-order valence-corrected chi connectivity index (χ2v) is 14.6. The summed E-state index contributed by atoms with van der Waals surface area (Å²) in [5.74, 6) is 0. The minimum atomic E-state index is 1.15. The van der Waals surface area contributed by atoms with Gasteiger partial charge >= 0.3 is 0 Å². The highest BCUT2D eigenvalue weighted by atomic mass is 15.0. The van der Waals surface area contributed by atoms with E-state index in [1.807, 2.05) is 0 Å². The predicted octanol–water partition coefficient (Wildman–Crippen LogP) is 13.8. The second kappa shape index (κ2) is 12.2. The third kappa shape index (κ3) is 4.76. The van der Waals surface area contributed by atoms with Crippen LogP contribution in [0.25, 0.3) is 93.8 Å². The fraction of sp³-hybridized carbons (Fsp3) is 0.0385. The van der Waals surface area contributed by atoms with Crippen LogP contribution in [-0.4, -0.2) is 13.7 Å². The minimum Gasteiger partial charge on any atom is -0.313 e. The Morgan fingerprint density at radius 2 is 0.745 bits per heavy atom. The van der Waals surface area contributed by atoms with Crippen LogP contribution in [0.15, 0.2) is 188 Å². The first-order valence-corrected chi connectivity index (χ1v) is 19.0. The second-order valence-electron chi connectivity index (χ2n) is 14.6. The van der Waals surface area contributed by atoms with Crippen molar-refractivity contribution < 1.29 is 0 Å². The van der Waals surface area contributed by atoms with Crippen LogP contribution in [0.4, 0.5) is 0 Å². The molecule has 0 bridgehead atoms. The van der Waals surface area contributed by atoms with Gasteiger partial charge in [-0.2, -0.15) is 0 Å². The van der Waals surface area contributed by atoms with Crippen molar-refractivity contribution >= 4 is 54.5 Å². The fourth-order valence-electron chi connectivity index (χ4n) is 8.96. The van der Waals surface area contributed by atoms with Crippen LogP contribution in [0, 0.1) is 13.8 Å². The summed E-state index contributed by atoms with van der Waals surface area (Å²) in [7, 11) is 0. The number of fused-ring (bicyclic) bond motifs is 7. The van der Waals surface area contributed by atoms with Crippen molar-refractivity contribution in [3.8, 4) is 39.3 Å². The number of benzene rings is 8. The number of aryl methyl sites for hydroxylation is 1. The Kier molecular flexibility index (Phi) is 6.99. The zero-order valence-electron chi connectivity index (χ0n) is 30.7. The molecule has 0 fully saturated rings. The summed E-state index contributed by atoms with van der Waals surface area (Å²) in [5.41, 5.74) is 17.1. The lowest BCUT2D eigenvalue weighted by Gasteiger charge is -2.13. The third-order valence-corrected chi connectivity index (χ3v) is 11.7. The molecule has 3 nitrogen and oxygen atoms in total. The SMILES string of the molecule is Cc1c(C)n(-c2ccccc2)c2c(-c3ccc(-c4ccc(-n5c6ccccc6c6cc7c(cc65)c5ccccc5n7-c5ccccc5)cc4)cc3)cccc12. The van der Waals surface area contributed by atoms with Gasteiger partial charge < -0.3 is 13.7 Å². The highest BCUT2D eigenvalue weighted by Gasteiger charge is 2.19. The minimum absolute atomic E-state index is 1.15. The van der Waals surface area contributed by atoms with E-state index in [-0.39, 0.29) is 0 Å². The average molecular weight is 704 g/mol. The van der Waals surface area contributed by atoms with E-state index >= 15 is 0 Å². The molecular formula is C52H37N3. The maximum Gasteiger partial charge on any atom is 0.0612 e. The monoisotopic (exact) mass is 703 g/mol. The molecule has 55 heavy (non-hydrogen) atoms. The molecule has 0 unspecified atom stereocenters. The van der Waals surface area contributed by atoms with Gasteiger partial charge in [0.25, 0.3) is 0 Å². The number of hydrogen-bond acceptors (Lipinski definition) is 0. The summed E-state index contributed by atoms with van der Waals surface area (Å²) in [4.78, 5) is 0. The van der Waals surface area contributed by atoms with Gasteiger partial charge in [-0.05, 0) is 96.8 Å². The van der Waals surface area contributed by atoms with Crippen molar-refractivity contribution in [3.63, 3.8) is 0 Å². The van der Waals surface area contributed by atoms with E-state index in [0.29, 0.717) is 0 Å². The normalized spacial score (nSPS) is 11.8. The highest BCUT2D eigenvalue weighted by molar-refractivity contribution is 6.19. The summed E-state index contributed by atoms with van der Waals surface area (Å²) < 4.78 is 7.24. The number of nitrogens with zero attached hydrogens (tertiary/aromatic N) is 3. The molecule has 0 amide bonds. The van der Waals surface area contributed by atoms with E-state index in [1.165, 1.54) is 99.4 Å². The van der Waals surface area contributed by atoms with Crippen LogP contribution in [-0.2, 0) is 0 Å². The first kappa shape index (κ1) is 31.4. The number of hydrogen-bond donors (Lipinski definition) is 0. The van der Waals surface area contributed by atoms with Crippen LogP contribution in [0.2, 0.25) is 0 Å². The van der Waals surface area contributed by atoms with E-state index in [0.717, 1.165) is 5.69 Å². The van der Waals surface area contributed by atoms with Crippen molar-refractivity contribution in [2.45, 2.75) is 13.8 Å². The zero-order valence-corrected chi connectivity index (χ0v) is 30.7. The molecule has 0 spiro atoms. The quantitative estimate of drug-likeness (QED) is 0.170. The van der Waals surface area contributed by atoms with Crippen molar-refractivity contribution in [2.24, 2.45) is 0 Å². The third-order valence-electron chi connectivity index (χ3n) is 11.7. The van der Waals surface area contributed by atoms with Gasteiger partial charge in [0.2, 0.25) is 0 Å². The standard InChI is InChI=1S/C52H37N3/c1-34-35(2)53(39-14-5-3-6-15-39)52-42(34)20-13-21-43(52)38-26-24-36(25-27-38)37-28-30-41(31-29-37)55-49-23-12-10-19-45(49)47-32-50-46(33-51(47)55)44-18-9-11-22-48(44)54(50)40-16-7-4-8-17-40/h3-33H,1-2H3. The fourth-order valence-corrected chi connectivity index (χ4v) is 8.96. The lowest BCUT2D eigenvalue weighted by atomic mass is 9.98. The highest BCUT2D eigenvalue weighted by Crippen LogP contribution is 2.40. The molecule has 0 saturated heterocycles. The molecule has 0 radical (unpaired) electrons. The molecule has 3 aromatic heterocycles. The summed E-state index contributed by atoms with van der Waals surface area (Å²) in [6.45, 7) is 4.46. The first-order valence-electron chi connectivity index (χ1n) is 19.0. The van der Waals surface area contributed by atoms with Crippen LogP contribution < -0.4 is 0 Å². The summed E-state index contributed by atoms with van der Waals surface area (Å²) in [6, 6.07) is 68.6. The first-order chi connectivity index (χ1) is 27.1. The van der Waals surface area contributed by atoms with Gasteiger partial charge in [-0.1, -0.05) is 127 Å². The Labute approximate surface area is 319 Å². The Morgan fingerprint density at radius 3 is 1.31 bits per heavy atom. The van der Waals surface area contributed by atoms with E-state index in [2.05, 4.69) is 216 Å². The van der Waals surface area contributed by atoms with Gasteiger partial charge in [0.15, 0.2) is 0 Å². The molecule has 0 N–H and O–H groups in total. The zero-order chi connectivity index (χ0) is 36.6. The van der Waals surface area contributed by atoms with Gasteiger partial charge in [-0.15, -0.1) is 0 Å². The van der Waals surface area contributed by atoms with E-state index in [1.54, 1.807) is 0 Å². The van der Waals surface area contributed by atoms with E-state index < -0.39 is 0 Å². The summed E-state index contributed by atoms with van der Waals surface area (Å²) in [6.07, 6.45) is 0. The molecule has 8 aromatic carbocycles. The topological polar surface area (TPSA) is 14.8 Å². The molecule has 0 aliphatic heterocycles. The number of rotatable bonds is 5. The van der Waals surface area contributed by atoms with E-state index in [4.69, 9.17) is 0 Å². The largest absolute Gasteiger partial charge is 0.313 e. The Morgan fingerprint density at radius 1 is 0.309 bits per heavy atom. The van der Waals surface area contributed by atoms with Gasteiger partial charge in [-0.3, -0.25) is 0 Å². The Hall–Kier alpha value is -7.10. The smallest absolute Gasteiger partial charge is 0.0612 e. The predicted molar refractivity (Wildman–Crippen MR) is 232 cm³/mol. The van der Waals surface area contributed by atoms with Crippen molar-refractivity contribution in [1.29, 1.82) is 0 Å². The Balaban J connectivity index is 1.01. The summed E-state index contributed by atoms with van der Waals surface area (Å²) >= 11 is 0. The van der Waals surface area contributed by atoms with Crippen molar-refractivity contribution in [1.82, 2.24) is 13.7 Å². The maximum atomic E-state index is 2.43. The average Bonchev–Trinajstić information content (AvgIpc) is 3.84. The molecule has 0 atom stereocenters. The molecular weight excluding hydrogens is 667 g/mol. The van der Waals surface area contributed by atoms with Crippen molar-refractivity contribution in [3.05, 3.63) is 199 Å². The molecule has 11 rings (SSSR count). The van der Waals surface area contributed by atoms with Crippen LogP contribution in [0.3, 0.4) is 0 Å². The van der Waals surface area contributed by atoms with Gasteiger partial charge in [0.05, 0.1) is 27.6 Å². The van der Waals surface area contributed by atoms with Gasteiger partial charge in [0, 0.05) is 55.3 Å². The number of para-hydroxylation sites is 5. The van der Waals surface area contributed by atoms with Gasteiger partial charge in [-0.25, -0.2) is 0 Å². The molecule has 11 aromatic rings. The number of aromatic nitrogens is 3. The van der Waals surface area contributed by atoms with Crippen molar-refractivity contribution in [2.75, 3.05) is 0 Å². The maximum absolute atomic E-state index is 2.43. The molecule has 0 aliphatic carbocycles. The molecule has 3 heterocycles.